The Balaban J connectivity index is 4.34. The maximum Gasteiger partial charge on any atom is 0.422 e. The lowest BCUT2D eigenvalue weighted by Gasteiger charge is -2.17. The molecule has 0 fully saturated rings. The van der Waals surface area contributed by atoms with Gasteiger partial charge in [0.1, 0.15) is 0 Å². The fraction of sp³-hybridized carbons (Fsp3) is 0.800. The molecule has 18 heavy (non-hydrogen) atoms. The highest BCUT2D eigenvalue weighted by Gasteiger charge is 2.24. The second-order valence-corrected chi connectivity index (χ2v) is 6.55. The van der Waals surface area contributed by atoms with Gasteiger partial charge in [-0.05, 0) is 13.8 Å². The molecule has 0 aliphatic rings. The van der Waals surface area contributed by atoms with Crippen LogP contribution in [0.2, 0.25) is 0 Å². The van der Waals surface area contributed by atoms with Crippen LogP contribution in [0.25, 0.3) is 0 Å². The van der Waals surface area contributed by atoms with Gasteiger partial charge in [0.15, 0.2) is 5.78 Å². The van der Waals surface area contributed by atoms with Crippen LogP contribution in [0.3, 0.4) is 0 Å². The second-order valence-electron chi connectivity index (χ2n) is 5.05. The molecule has 0 aromatic carbocycles. The first-order valence-electron chi connectivity index (χ1n) is 5.45. The van der Waals surface area contributed by atoms with Gasteiger partial charge in [0.2, 0.25) is 0 Å². The molecule has 0 aromatic rings. The normalized spacial score (nSPS) is 12.3. The number of ketones is 1. The van der Waals surface area contributed by atoms with E-state index in [9.17, 15) is 18.0 Å². The third-order valence-electron chi connectivity index (χ3n) is 1.82. The van der Waals surface area contributed by atoms with Gasteiger partial charge in [-0.25, -0.2) is 9.52 Å². The monoisotopic (exact) mass is 280 g/mol. The molecule has 0 bridgehead atoms. The van der Waals surface area contributed by atoms with Gasteiger partial charge in [0.25, 0.3) is 0 Å². The molecule has 0 saturated carbocycles. The van der Waals surface area contributed by atoms with Crippen LogP contribution in [0.5, 0.6) is 0 Å². The molecule has 0 spiro atoms. The zero-order chi connectivity index (χ0) is 14.6. The van der Waals surface area contributed by atoms with Gasteiger partial charge in [0, 0.05) is 5.41 Å². The standard InChI is InChI=1S/C10H20N2O5S/c1-7(2)17-9(14)12-18(15,16)11-6-8(13)10(3,4)5/h7,11H,6H2,1-5H3,(H,12,14). The molecule has 0 heterocycles. The fourth-order valence-electron chi connectivity index (χ4n) is 0.810. The lowest BCUT2D eigenvalue weighted by Crippen LogP contribution is -2.44. The summed E-state index contributed by atoms with van der Waals surface area (Å²) in [5.74, 6) is -0.287. The van der Waals surface area contributed by atoms with Gasteiger partial charge in [-0.3, -0.25) is 4.79 Å². The smallest absolute Gasteiger partial charge is 0.422 e. The van der Waals surface area contributed by atoms with Crippen LogP contribution < -0.4 is 9.44 Å². The molecular formula is C10H20N2O5S. The summed E-state index contributed by atoms with van der Waals surface area (Å²) >= 11 is 0. The van der Waals surface area contributed by atoms with Gasteiger partial charge in [-0.15, -0.1) is 0 Å². The summed E-state index contributed by atoms with van der Waals surface area (Å²) in [7, 11) is -4.08. The van der Waals surface area contributed by atoms with Crippen molar-refractivity contribution >= 4 is 22.1 Å². The minimum absolute atomic E-state index is 0.287. The maximum atomic E-state index is 11.5. The SMILES string of the molecule is CC(C)OC(=O)NS(=O)(=O)NCC(=O)C(C)(C)C. The van der Waals surface area contributed by atoms with Crippen LogP contribution in [0.1, 0.15) is 34.6 Å². The molecule has 0 aromatic heterocycles. The van der Waals surface area contributed by atoms with Crippen molar-refractivity contribution in [2.45, 2.75) is 40.7 Å². The third kappa shape index (κ3) is 7.23. The Morgan fingerprint density at radius 2 is 1.72 bits per heavy atom. The molecule has 2 N–H and O–H groups in total. The first kappa shape index (κ1) is 16.9. The first-order chi connectivity index (χ1) is 7.94. The molecule has 106 valence electrons. The van der Waals surface area contributed by atoms with E-state index in [1.165, 1.54) is 0 Å². The van der Waals surface area contributed by atoms with Crippen LogP contribution in [0, 0.1) is 5.41 Å². The summed E-state index contributed by atoms with van der Waals surface area (Å²) in [6.07, 6.45) is -1.52. The van der Waals surface area contributed by atoms with E-state index in [1.807, 2.05) is 4.72 Å². The number of hydrogen-bond donors (Lipinski definition) is 2. The number of Topliss-reactive ketones (excluding diaryl/α,β-unsaturated/α-hetero) is 1. The van der Waals surface area contributed by atoms with Crippen LogP contribution in [0.15, 0.2) is 0 Å². The van der Waals surface area contributed by atoms with Gasteiger partial charge in [-0.1, -0.05) is 20.8 Å². The first-order valence-corrected chi connectivity index (χ1v) is 6.93. The Morgan fingerprint density at radius 3 is 2.11 bits per heavy atom. The number of carbonyl (C=O) groups is 2. The molecule has 0 unspecified atom stereocenters. The molecule has 8 heteroatoms. The van der Waals surface area contributed by atoms with Crippen molar-refractivity contribution in [3.63, 3.8) is 0 Å². The molecule has 7 nitrogen and oxygen atoms in total. The van der Waals surface area contributed by atoms with Crippen molar-refractivity contribution in [1.82, 2.24) is 9.44 Å². The predicted molar refractivity (Wildman–Crippen MR) is 66.1 cm³/mol. The van der Waals surface area contributed by atoms with Crippen molar-refractivity contribution in [3.8, 4) is 0 Å². The zero-order valence-corrected chi connectivity index (χ0v) is 12.1. The summed E-state index contributed by atoms with van der Waals surface area (Å²) in [5, 5.41) is 0. The Labute approximate surface area is 107 Å². The topological polar surface area (TPSA) is 102 Å². The minimum atomic E-state index is -4.08. The largest absolute Gasteiger partial charge is 0.446 e. The number of hydrogen-bond acceptors (Lipinski definition) is 5. The van der Waals surface area contributed by atoms with Gasteiger partial charge >= 0.3 is 16.3 Å². The number of carbonyl (C=O) groups excluding carboxylic acids is 2. The van der Waals surface area contributed by atoms with Crippen molar-refractivity contribution in [2.75, 3.05) is 6.54 Å². The van der Waals surface area contributed by atoms with Crippen LogP contribution in [0.4, 0.5) is 4.79 Å². The highest BCUT2D eigenvalue weighted by Crippen LogP contribution is 2.13. The molecular weight excluding hydrogens is 260 g/mol. The molecule has 0 rings (SSSR count). The molecule has 0 aliphatic carbocycles. The minimum Gasteiger partial charge on any atom is -0.446 e. The van der Waals surface area contributed by atoms with Crippen molar-refractivity contribution in [1.29, 1.82) is 0 Å². The molecule has 0 aliphatic heterocycles. The van der Waals surface area contributed by atoms with Crippen LogP contribution in [-0.4, -0.2) is 32.9 Å². The molecule has 0 atom stereocenters. The van der Waals surface area contributed by atoms with E-state index in [0.29, 0.717) is 0 Å². The Hall–Kier alpha value is -1.15. The van der Waals surface area contributed by atoms with Crippen LogP contribution >= 0.6 is 0 Å². The predicted octanol–water partition coefficient (Wildman–Crippen LogP) is 0.571. The Kier molecular flexibility index (Phi) is 5.75. The number of nitrogens with one attached hydrogen (secondary N) is 2. The van der Waals surface area contributed by atoms with Gasteiger partial charge in [-0.2, -0.15) is 13.1 Å². The molecule has 1 amide bonds. The quantitative estimate of drug-likeness (QED) is 0.766. The third-order valence-corrected chi connectivity index (χ3v) is 2.78. The van der Waals surface area contributed by atoms with Crippen LogP contribution in [-0.2, 0) is 19.7 Å². The average Bonchev–Trinajstić information content (AvgIpc) is 2.09. The Bertz CT molecular complexity index is 408. The van der Waals surface area contributed by atoms with Gasteiger partial charge in [0.05, 0.1) is 12.6 Å². The van der Waals surface area contributed by atoms with E-state index in [0.717, 1.165) is 0 Å². The summed E-state index contributed by atoms with van der Waals surface area (Å²) in [5.41, 5.74) is -0.652. The average molecular weight is 280 g/mol. The summed E-state index contributed by atoms with van der Waals surface area (Å²) in [4.78, 5) is 22.6. The van der Waals surface area contributed by atoms with E-state index in [1.54, 1.807) is 39.3 Å². The van der Waals surface area contributed by atoms with Crippen molar-refractivity contribution in [2.24, 2.45) is 5.41 Å². The molecule has 0 saturated heterocycles. The van der Waals surface area contributed by atoms with E-state index >= 15 is 0 Å². The van der Waals surface area contributed by atoms with Crippen molar-refractivity contribution in [3.05, 3.63) is 0 Å². The highest BCUT2D eigenvalue weighted by molar-refractivity contribution is 7.88. The second kappa shape index (κ2) is 6.14. The van der Waals surface area contributed by atoms with E-state index in [4.69, 9.17) is 0 Å². The van der Waals surface area contributed by atoms with E-state index in [2.05, 4.69) is 4.74 Å². The fourth-order valence-corrected chi connectivity index (χ4v) is 1.47. The Morgan fingerprint density at radius 1 is 1.22 bits per heavy atom. The summed E-state index contributed by atoms with van der Waals surface area (Å²) in [6, 6.07) is 0. The lowest BCUT2D eigenvalue weighted by atomic mass is 9.91. The molecule has 0 radical (unpaired) electrons. The summed E-state index contributed by atoms with van der Waals surface area (Å²) < 4.78 is 31.0. The maximum absolute atomic E-state index is 11.5. The number of ether oxygens (including phenoxy) is 1. The summed E-state index contributed by atoms with van der Waals surface area (Å²) in [6.45, 7) is 7.80. The van der Waals surface area contributed by atoms with Gasteiger partial charge < -0.3 is 4.74 Å². The number of rotatable bonds is 5. The highest BCUT2D eigenvalue weighted by atomic mass is 32.2. The van der Waals surface area contributed by atoms with E-state index < -0.39 is 27.8 Å². The van der Waals surface area contributed by atoms with Crippen molar-refractivity contribution < 1.29 is 22.7 Å². The zero-order valence-electron chi connectivity index (χ0n) is 11.2. The lowest BCUT2D eigenvalue weighted by molar-refractivity contribution is -0.125. The number of amides is 1. The van der Waals surface area contributed by atoms with E-state index in [-0.39, 0.29) is 12.3 Å².